The van der Waals surface area contributed by atoms with E-state index in [-0.39, 0.29) is 5.92 Å². The summed E-state index contributed by atoms with van der Waals surface area (Å²) in [4.78, 5) is 8.23. The van der Waals surface area contributed by atoms with Crippen LogP contribution in [0.2, 0.25) is 5.15 Å². The van der Waals surface area contributed by atoms with Crippen molar-refractivity contribution in [1.82, 2.24) is 18.6 Å². The number of rotatable bonds is 4. The molecule has 112 valence electrons. The first-order valence-corrected chi connectivity index (χ1v) is 8.31. The standard InChI is InChI=1S/C12H19ClN4O2S/c1-16(2)20(18,19)17-5-3-4-10(9-17)6-11-7-14-8-12(13)15-11/h7-8,10H,3-6,9H2,1-2H3/t10-/m1/s1. The van der Waals surface area contributed by atoms with Crippen molar-refractivity contribution in [3.8, 4) is 0 Å². The third-order valence-electron chi connectivity index (χ3n) is 3.42. The van der Waals surface area contributed by atoms with E-state index in [9.17, 15) is 8.42 Å². The molecule has 1 atom stereocenters. The van der Waals surface area contributed by atoms with Crippen molar-refractivity contribution >= 4 is 21.8 Å². The van der Waals surface area contributed by atoms with Gasteiger partial charge in [-0.05, 0) is 25.2 Å². The minimum absolute atomic E-state index is 0.256. The van der Waals surface area contributed by atoms with E-state index in [4.69, 9.17) is 11.6 Å². The van der Waals surface area contributed by atoms with Crippen LogP contribution in [0, 0.1) is 5.92 Å². The Bertz CT molecular complexity index is 564. The van der Waals surface area contributed by atoms with E-state index in [1.807, 2.05) is 0 Å². The van der Waals surface area contributed by atoms with Gasteiger partial charge in [-0.1, -0.05) is 11.6 Å². The Hall–Kier alpha value is -0.760. The number of hydrogen-bond donors (Lipinski definition) is 0. The van der Waals surface area contributed by atoms with Gasteiger partial charge in [-0.15, -0.1) is 0 Å². The van der Waals surface area contributed by atoms with E-state index < -0.39 is 10.2 Å². The Morgan fingerprint density at radius 1 is 1.45 bits per heavy atom. The molecular weight excluding hydrogens is 300 g/mol. The molecule has 0 N–H and O–H groups in total. The summed E-state index contributed by atoms with van der Waals surface area (Å²) in [5.74, 6) is 0.256. The van der Waals surface area contributed by atoms with Gasteiger partial charge in [-0.2, -0.15) is 17.0 Å². The fourth-order valence-corrected chi connectivity index (χ4v) is 3.79. The maximum atomic E-state index is 12.1. The number of nitrogens with zero attached hydrogens (tertiary/aromatic N) is 4. The predicted octanol–water partition coefficient (Wildman–Crippen LogP) is 1.19. The van der Waals surface area contributed by atoms with Gasteiger partial charge < -0.3 is 0 Å². The summed E-state index contributed by atoms with van der Waals surface area (Å²) < 4.78 is 27.1. The molecule has 0 aliphatic carbocycles. The Balaban J connectivity index is 2.04. The Labute approximate surface area is 125 Å². The molecule has 1 aliphatic heterocycles. The molecule has 1 aliphatic rings. The summed E-state index contributed by atoms with van der Waals surface area (Å²) in [5, 5.41) is 0.371. The molecule has 8 heteroatoms. The van der Waals surface area contributed by atoms with Crippen LogP contribution in [-0.2, 0) is 16.6 Å². The van der Waals surface area contributed by atoms with Crippen LogP contribution in [-0.4, -0.2) is 54.2 Å². The van der Waals surface area contributed by atoms with E-state index in [0.717, 1.165) is 18.5 Å². The molecular formula is C12H19ClN4O2S. The van der Waals surface area contributed by atoms with Gasteiger partial charge in [-0.3, -0.25) is 4.98 Å². The van der Waals surface area contributed by atoms with Crippen molar-refractivity contribution < 1.29 is 8.42 Å². The topological polar surface area (TPSA) is 66.4 Å². The van der Waals surface area contributed by atoms with Crippen LogP contribution in [0.3, 0.4) is 0 Å². The second kappa shape index (κ2) is 6.34. The quantitative estimate of drug-likeness (QED) is 0.836. The van der Waals surface area contributed by atoms with Crippen LogP contribution < -0.4 is 0 Å². The van der Waals surface area contributed by atoms with Crippen LogP contribution in [0.1, 0.15) is 18.5 Å². The molecule has 0 saturated carbocycles. The summed E-state index contributed by atoms with van der Waals surface area (Å²) in [5.41, 5.74) is 0.812. The van der Waals surface area contributed by atoms with Gasteiger partial charge in [0.1, 0.15) is 5.15 Å². The Kier molecular flexibility index (Phi) is 4.95. The van der Waals surface area contributed by atoms with Gasteiger partial charge in [0.2, 0.25) is 0 Å². The van der Waals surface area contributed by atoms with Crippen molar-refractivity contribution in [3.63, 3.8) is 0 Å². The molecule has 0 aromatic carbocycles. The zero-order chi connectivity index (χ0) is 14.8. The second-order valence-corrected chi connectivity index (χ2v) is 7.72. The molecule has 2 rings (SSSR count). The normalized spacial score (nSPS) is 21.3. The van der Waals surface area contributed by atoms with Crippen molar-refractivity contribution in [2.24, 2.45) is 5.92 Å². The zero-order valence-electron chi connectivity index (χ0n) is 11.7. The van der Waals surface area contributed by atoms with Gasteiger partial charge in [0.15, 0.2) is 0 Å². The number of halogens is 1. The van der Waals surface area contributed by atoms with Crippen LogP contribution in [0.5, 0.6) is 0 Å². The molecule has 0 unspecified atom stereocenters. The molecule has 0 amide bonds. The Morgan fingerprint density at radius 2 is 2.20 bits per heavy atom. The molecule has 1 aromatic heterocycles. The minimum Gasteiger partial charge on any atom is -0.260 e. The van der Waals surface area contributed by atoms with E-state index in [0.29, 0.717) is 24.7 Å². The van der Waals surface area contributed by atoms with Gasteiger partial charge in [-0.25, -0.2) is 4.98 Å². The fourth-order valence-electron chi connectivity index (χ4n) is 2.41. The monoisotopic (exact) mass is 318 g/mol. The smallest absolute Gasteiger partial charge is 0.260 e. The summed E-state index contributed by atoms with van der Waals surface area (Å²) >= 11 is 5.82. The molecule has 20 heavy (non-hydrogen) atoms. The van der Waals surface area contributed by atoms with Crippen molar-refractivity contribution in [2.45, 2.75) is 19.3 Å². The summed E-state index contributed by atoms with van der Waals surface area (Å²) in [7, 11) is -0.215. The largest absolute Gasteiger partial charge is 0.281 e. The lowest BCUT2D eigenvalue weighted by Gasteiger charge is -2.33. The first-order valence-electron chi connectivity index (χ1n) is 6.53. The van der Waals surface area contributed by atoms with E-state index in [1.54, 1.807) is 24.6 Å². The lowest BCUT2D eigenvalue weighted by molar-refractivity contribution is 0.253. The highest BCUT2D eigenvalue weighted by Gasteiger charge is 2.30. The first-order chi connectivity index (χ1) is 9.39. The van der Waals surface area contributed by atoms with Gasteiger partial charge in [0.05, 0.1) is 11.9 Å². The van der Waals surface area contributed by atoms with E-state index in [2.05, 4.69) is 9.97 Å². The molecule has 2 heterocycles. The second-order valence-electron chi connectivity index (χ2n) is 5.19. The lowest BCUT2D eigenvalue weighted by Crippen LogP contribution is -2.45. The molecule has 1 saturated heterocycles. The highest BCUT2D eigenvalue weighted by Crippen LogP contribution is 2.23. The SMILES string of the molecule is CN(C)S(=O)(=O)N1CCC[C@H](Cc2cncc(Cl)n2)C1. The minimum atomic E-state index is -3.33. The van der Waals surface area contributed by atoms with E-state index in [1.165, 1.54) is 10.5 Å². The summed E-state index contributed by atoms with van der Waals surface area (Å²) in [6, 6.07) is 0. The van der Waals surface area contributed by atoms with E-state index >= 15 is 0 Å². The average Bonchev–Trinajstić information content (AvgIpc) is 2.39. The maximum absolute atomic E-state index is 12.1. The molecule has 0 bridgehead atoms. The van der Waals surface area contributed by atoms with Crippen molar-refractivity contribution in [2.75, 3.05) is 27.2 Å². The molecule has 1 fully saturated rings. The fraction of sp³-hybridized carbons (Fsp3) is 0.667. The molecule has 1 aromatic rings. The summed E-state index contributed by atoms with van der Waals surface area (Å²) in [6.45, 7) is 1.10. The van der Waals surface area contributed by atoms with Gasteiger partial charge in [0.25, 0.3) is 10.2 Å². The van der Waals surface area contributed by atoms with Crippen LogP contribution in [0.25, 0.3) is 0 Å². The van der Waals surface area contributed by atoms with Crippen LogP contribution in [0.4, 0.5) is 0 Å². The molecule has 0 radical (unpaired) electrons. The molecule has 0 spiro atoms. The average molecular weight is 319 g/mol. The van der Waals surface area contributed by atoms with Crippen molar-refractivity contribution in [3.05, 3.63) is 23.2 Å². The maximum Gasteiger partial charge on any atom is 0.281 e. The lowest BCUT2D eigenvalue weighted by atomic mass is 9.95. The van der Waals surface area contributed by atoms with Gasteiger partial charge in [0, 0.05) is 33.4 Å². The Morgan fingerprint density at radius 3 is 2.85 bits per heavy atom. The first kappa shape index (κ1) is 15.6. The third kappa shape index (κ3) is 3.66. The highest BCUT2D eigenvalue weighted by molar-refractivity contribution is 7.86. The number of hydrogen-bond acceptors (Lipinski definition) is 4. The third-order valence-corrected chi connectivity index (χ3v) is 5.51. The summed E-state index contributed by atoms with van der Waals surface area (Å²) in [6.07, 6.45) is 5.74. The van der Waals surface area contributed by atoms with Gasteiger partial charge >= 0.3 is 0 Å². The number of piperidine rings is 1. The molecule has 6 nitrogen and oxygen atoms in total. The number of aromatic nitrogens is 2. The zero-order valence-corrected chi connectivity index (χ0v) is 13.2. The van der Waals surface area contributed by atoms with Crippen LogP contribution in [0.15, 0.2) is 12.4 Å². The predicted molar refractivity (Wildman–Crippen MR) is 77.6 cm³/mol. The highest BCUT2D eigenvalue weighted by atomic mass is 35.5. The van der Waals surface area contributed by atoms with Crippen LogP contribution >= 0.6 is 11.6 Å². The van der Waals surface area contributed by atoms with Crippen molar-refractivity contribution in [1.29, 1.82) is 0 Å².